The van der Waals surface area contributed by atoms with Crippen LogP contribution >= 0.6 is 0 Å². The molecule has 124 valence electrons. The van der Waals surface area contributed by atoms with Crippen molar-refractivity contribution in [2.24, 2.45) is 0 Å². The lowest BCUT2D eigenvalue weighted by Crippen LogP contribution is -2.54. The maximum atomic E-state index is 12.5. The number of nitrogens with one attached hydrogen (secondary N) is 1. The zero-order chi connectivity index (χ0) is 16.3. The Morgan fingerprint density at radius 3 is 2.61 bits per heavy atom. The third kappa shape index (κ3) is 3.24. The molecule has 3 rings (SSSR count). The standard InChI is InChI=1S/C18H24N2O3/c1-23-17(22)15-9-5-12-20(15)13-16(21)19-18(10-6-11-18)14-7-3-2-4-8-14/h2-4,7-8,15H,5-6,9-13H2,1H3,(H,19,21)/t15-/m0/s1. The molecule has 0 spiro atoms. The van der Waals surface area contributed by atoms with E-state index < -0.39 is 0 Å². The minimum Gasteiger partial charge on any atom is -0.468 e. The van der Waals surface area contributed by atoms with E-state index in [9.17, 15) is 9.59 Å². The van der Waals surface area contributed by atoms with Gasteiger partial charge in [-0.25, -0.2) is 0 Å². The van der Waals surface area contributed by atoms with Crippen molar-refractivity contribution in [3.05, 3.63) is 35.9 Å². The number of hydrogen-bond acceptors (Lipinski definition) is 4. The van der Waals surface area contributed by atoms with E-state index in [2.05, 4.69) is 17.4 Å². The van der Waals surface area contributed by atoms with Crippen molar-refractivity contribution in [2.45, 2.75) is 43.7 Å². The van der Waals surface area contributed by atoms with Gasteiger partial charge in [-0.1, -0.05) is 30.3 Å². The van der Waals surface area contributed by atoms with Crippen molar-refractivity contribution in [3.8, 4) is 0 Å². The highest BCUT2D eigenvalue weighted by Crippen LogP contribution is 2.41. The van der Waals surface area contributed by atoms with Gasteiger partial charge >= 0.3 is 5.97 Å². The molecule has 23 heavy (non-hydrogen) atoms. The molecule has 1 saturated carbocycles. The first-order valence-electron chi connectivity index (χ1n) is 8.33. The van der Waals surface area contributed by atoms with Gasteiger partial charge in [-0.2, -0.15) is 0 Å². The summed E-state index contributed by atoms with van der Waals surface area (Å²) in [6.45, 7) is 1.03. The predicted molar refractivity (Wildman–Crippen MR) is 86.7 cm³/mol. The minimum atomic E-state index is -0.278. The Bertz CT molecular complexity index is 569. The summed E-state index contributed by atoms with van der Waals surface area (Å²) < 4.78 is 4.84. The molecule has 1 aromatic carbocycles. The number of amides is 1. The van der Waals surface area contributed by atoms with Crippen LogP contribution in [0.4, 0.5) is 0 Å². The van der Waals surface area contributed by atoms with Gasteiger partial charge in [0.05, 0.1) is 19.2 Å². The molecule has 1 aliphatic heterocycles. The largest absolute Gasteiger partial charge is 0.468 e. The summed E-state index contributed by atoms with van der Waals surface area (Å²) in [4.78, 5) is 26.2. The Balaban J connectivity index is 1.64. The first-order valence-corrected chi connectivity index (χ1v) is 8.33. The van der Waals surface area contributed by atoms with Crippen LogP contribution in [0.1, 0.15) is 37.7 Å². The van der Waals surface area contributed by atoms with Crippen LogP contribution in [0.15, 0.2) is 30.3 Å². The number of ether oxygens (including phenoxy) is 1. The molecule has 2 aliphatic rings. The van der Waals surface area contributed by atoms with Crippen LogP contribution in [0.2, 0.25) is 0 Å². The summed E-state index contributed by atoms with van der Waals surface area (Å²) in [7, 11) is 1.40. The van der Waals surface area contributed by atoms with E-state index in [4.69, 9.17) is 4.74 Å². The number of carbonyl (C=O) groups excluding carboxylic acids is 2. The molecule has 1 amide bonds. The average molecular weight is 316 g/mol. The Morgan fingerprint density at radius 2 is 2.00 bits per heavy atom. The summed E-state index contributed by atoms with van der Waals surface area (Å²) in [5.41, 5.74) is 0.948. The molecule has 1 N–H and O–H groups in total. The Labute approximate surface area is 137 Å². The fraction of sp³-hybridized carbons (Fsp3) is 0.556. The van der Waals surface area contributed by atoms with Crippen molar-refractivity contribution in [1.29, 1.82) is 0 Å². The molecule has 0 aromatic heterocycles. The summed E-state index contributed by atoms with van der Waals surface area (Å²) in [5.74, 6) is -0.249. The molecule has 1 aromatic rings. The average Bonchev–Trinajstić information content (AvgIpc) is 2.99. The number of nitrogens with zero attached hydrogens (tertiary/aromatic N) is 1. The van der Waals surface area contributed by atoms with E-state index in [0.717, 1.165) is 38.6 Å². The Kier molecular flexibility index (Phi) is 4.66. The van der Waals surface area contributed by atoms with E-state index in [-0.39, 0.29) is 30.0 Å². The highest BCUT2D eigenvalue weighted by atomic mass is 16.5. The van der Waals surface area contributed by atoms with Gasteiger partial charge in [-0.15, -0.1) is 0 Å². The fourth-order valence-electron chi connectivity index (χ4n) is 3.68. The first kappa shape index (κ1) is 16.0. The molecular weight excluding hydrogens is 292 g/mol. The zero-order valence-corrected chi connectivity index (χ0v) is 13.6. The lowest BCUT2D eigenvalue weighted by atomic mass is 9.72. The minimum absolute atomic E-state index is 0.00986. The van der Waals surface area contributed by atoms with Gasteiger partial charge < -0.3 is 10.1 Å². The van der Waals surface area contributed by atoms with E-state index >= 15 is 0 Å². The maximum absolute atomic E-state index is 12.5. The van der Waals surface area contributed by atoms with E-state index in [1.807, 2.05) is 23.1 Å². The molecule has 1 saturated heterocycles. The van der Waals surface area contributed by atoms with Crippen molar-refractivity contribution < 1.29 is 14.3 Å². The van der Waals surface area contributed by atoms with E-state index in [0.29, 0.717) is 0 Å². The quantitative estimate of drug-likeness (QED) is 0.842. The second kappa shape index (κ2) is 6.71. The molecule has 0 radical (unpaired) electrons. The van der Waals surface area contributed by atoms with Crippen molar-refractivity contribution in [3.63, 3.8) is 0 Å². The Hall–Kier alpha value is -1.88. The van der Waals surface area contributed by atoms with Gasteiger partial charge in [0.1, 0.15) is 6.04 Å². The van der Waals surface area contributed by atoms with E-state index in [1.165, 1.54) is 12.7 Å². The molecule has 0 bridgehead atoms. The summed E-state index contributed by atoms with van der Waals surface area (Å²) in [5, 5.41) is 3.22. The Morgan fingerprint density at radius 1 is 1.26 bits per heavy atom. The first-order chi connectivity index (χ1) is 11.1. The zero-order valence-electron chi connectivity index (χ0n) is 13.6. The molecule has 5 nitrogen and oxygen atoms in total. The topological polar surface area (TPSA) is 58.6 Å². The van der Waals surface area contributed by atoms with Gasteiger partial charge in [0.2, 0.25) is 5.91 Å². The lowest BCUT2D eigenvalue weighted by Gasteiger charge is -2.43. The van der Waals surface area contributed by atoms with Crippen LogP contribution < -0.4 is 5.32 Å². The summed E-state index contributed by atoms with van der Waals surface area (Å²) in [6, 6.07) is 9.88. The number of esters is 1. The molecule has 5 heteroatoms. The van der Waals surface area contributed by atoms with Crippen LogP contribution in [0.3, 0.4) is 0 Å². The van der Waals surface area contributed by atoms with Gasteiger partial charge in [0, 0.05) is 0 Å². The predicted octanol–water partition coefficient (Wildman–Crippen LogP) is 1.82. The second-order valence-corrected chi connectivity index (χ2v) is 6.50. The number of methoxy groups -OCH3 is 1. The molecule has 2 fully saturated rings. The van der Waals surface area contributed by atoms with Gasteiger partial charge in [-0.05, 0) is 44.2 Å². The third-order valence-electron chi connectivity index (χ3n) is 5.10. The molecular formula is C18H24N2O3. The number of likely N-dealkylation sites (tertiary alicyclic amines) is 1. The molecule has 1 aliphatic carbocycles. The summed E-state index contributed by atoms with van der Waals surface area (Å²) >= 11 is 0. The number of carbonyl (C=O) groups is 2. The van der Waals surface area contributed by atoms with Crippen LogP contribution in [0, 0.1) is 0 Å². The monoisotopic (exact) mass is 316 g/mol. The van der Waals surface area contributed by atoms with Crippen LogP contribution in [0.25, 0.3) is 0 Å². The van der Waals surface area contributed by atoms with Crippen molar-refractivity contribution in [2.75, 3.05) is 20.2 Å². The van der Waals surface area contributed by atoms with Crippen LogP contribution in [0.5, 0.6) is 0 Å². The van der Waals surface area contributed by atoms with Gasteiger partial charge in [0.25, 0.3) is 0 Å². The van der Waals surface area contributed by atoms with Gasteiger partial charge in [-0.3, -0.25) is 14.5 Å². The van der Waals surface area contributed by atoms with Gasteiger partial charge in [0.15, 0.2) is 0 Å². The molecule has 1 atom stereocenters. The SMILES string of the molecule is COC(=O)[C@@H]1CCCN1CC(=O)NC1(c2ccccc2)CCC1. The number of benzene rings is 1. The van der Waals surface area contributed by atoms with Crippen molar-refractivity contribution in [1.82, 2.24) is 10.2 Å². The summed E-state index contributed by atoms with van der Waals surface area (Å²) in [6.07, 6.45) is 4.77. The molecule has 1 heterocycles. The highest BCUT2D eigenvalue weighted by Gasteiger charge is 2.41. The normalized spacial score (nSPS) is 23.1. The van der Waals surface area contributed by atoms with Crippen LogP contribution in [-0.2, 0) is 19.9 Å². The molecule has 0 unspecified atom stereocenters. The second-order valence-electron chi connectivity index (χ2n) is 6.50. The van der Waals surface area contributed by atoms with Crippen molar-refractivity contribution >= 4 is 11.9 Å². The third-order valence-corrected chi connectivity index (χ3v) is 5.10. The smallest absolute Gasteiger partial charge is 0.323 e. The maximum Gasteiger partial charge on any atom is 0.323 e. The number of hydrogen-bond donors (Lipinski definition) is 1. The highest BCUT2D eigenvalue weighted by molar-refractivity contribution is 5.81. The lowest BCUT2D eigenvalue weighted by molar-refractivity contribution is -0.146. The van der Waals surface area contributed by atoms with E-state index in [1.54, 1.807) is 0 Å². The fourth-order valence-corrected chi connectivity index (χ4v) is 3.68. The van der Waals surface area contributed by atoms with Crippen LogP contribution in [-0.4, -0.2) is 43.0 Å². The number of rotatable bonds is 5.